The van der Waals surface area contributed by atoms with E-state index in [1.165, 1.54) is 12.4 Å². The maximum atomic E-state index is 14.5. The van der Waals surface area contributed by atoms with Gasteiger partial charge in [-0.1, -0.05) is 24.3 Å². The molecule has 5 aromatic rings. The van der Waals surface area contributed by atoms with Gasteiger partial charge < -0.3 is 9.88 Å². The Morgan fingerprint density at radius 1 is 0.969 bits per heavy atom. The molecule has 0 unspecified atom stereocenters. The Hall–Kier alpha value is -4.39. The fourth-order valence-corrected chi connectivity index (χ4v) is 3.58. The number of imidazole rings is 1. The molecule has 7 heteroatoms. The van der Waals surface area contributed by atoms with E-state index in [4.69, 9.17) is 0 Å². The lowest BCUT2D eigenvalue weighted by Gasteiger charge is -2.11. The third-order valence-electron chi connectivity index (χ3n) is 5.18. The molecule has 1 amide bonds. The zero-order chi connectivity index (χ0) is 21.9. The van der Waals surface area contributed by atoms with Gasteiger partial charge in [0.05, 0.1) is 28.8 Å². The van der Waals surface area contributed by atoms with Gasteiger partial charge in [0.1, 0.15) is 5.82 Å². The number of para-hydroxylation sites is 1. The van der Waals surface area contributed by atoms with E-state index in [1.807, 2.05) is 36.4 Å². The molecule has 1 N–H and O–H groups in total. The zero-order valence-corrected chi connectivity index (χ0v) is 16.9. The number of carbonyl (C=O) groups is 1. The van der Waals surface area contributed by atoms with Crippen molar-refractivity contribution in [1.29, 1.82) is 0 Å². The van der Waals surface area contributed by atoms with Crippen molar-refractivity contribution in [2.24, 2.45) is 0 Å². The van der Waals surface area contributed by atoms with E-state index < -0.39 is 0 Å². The van der Waals surface area contributed by atoms with E-state index in [1.54, 1.807) is 47.6 Å². The third-order valence-corrected chi connectivity index (χ3v) is 5.18. The van der Waals surface area contributed by atoms with E-state index in [0.29, 0.717) is 22.5 Å². The highest BCUT2D eigenvalue weighted by Gasteiger charge is 2.14. The van der Waals surface area contributed by atoms with Crippen LogP contribution < -0.4 is 5.32 Å². The molecule has 0 aliphatic carbocycles. The van der Waals surface area contributed by atoms with Crippen LogP contribution in [0, 0.1) is 5.82 Å². The van der Waals surface area contributed by atoms with Crippen LogP contribution in [-0.4, -0.2) is 25.4 Å². The molecule has 0 atom stereocenters. The Labute approximate surface area is 183 Å². The highest BCUT2D eigenvalue weighted by atomic mass is 19.1. The number of nitrogens with one attached hydrogen (secondary N) is 1. The summed E-state index contributed by atoms with van der Waals surface area (Å²) in [5, 5.41) is 3.66. The van der Waals surface area contributed by atoms with E-state index in [2.05, 4.69) is 20.3 Å². The molecule has 0 bridgehead atoms. The number of fused-ring (bicyclic) bond motifs is 1. The van der Waals surface area contributed by atoms with Crippen molar-refractivity contribution in [3.8, 4) is 16.9 Å². The van der Waals surface area contributed by atoms with Crippen LogP contribution in [0.4, 0.5) is 4.39 Å². The first-order valence-corrected chi connectivity index (χ1v) is 10.0. The third kappa shape index (κ3) is 3.83. The topological polar surface area (TPSA) is 72.7 Å². The Morgan fingerprint density at radius 3 is 2.59 bits per heavy atom. The monoisotopic (exact) mass is 423 g/mol. The van der Waals surface area contributed by atoms with Crippen LogP contribution in [0.2, 0.25) is 0 Å². The molecular formula is C25H18FN5O. The Bertz CT molecular complexity index is 1400. The summed E-state index contributed by atoms with van der Waals surface area (Å²) < 4.78 is 16.1. The minimum absolute atomic E-state index is 0.196. The molecular weight excluding hydrogens is 405 g/mol. The van der Waals surface area contributed by atoms with Crippen molar-refractivity contribution in [1.82, 2.24) is 24.8 Å². The first kappa shape index (κ1) is 19.6. The molecule has 3 aromatic heterocycles. The van der Waals surface area contributed by atoms with Crippen molar-refractivity contribution >= 4 is 16.8 Å². The van der Waals surface area contributed by atoms with Gasteiger partial charge in [0.2, 0.25) is 0 Å². The van der Waals surface area contributed by atoms with Crippen LogP contribution in [0.3, 0.4) is 0 Å². The van der Waals surface area contributed by atoms with Crippen molar-refractivity contribution in [2.75, 3.05) is 0 Å². The number of benzene rings is 2. The molecule has 2 aromatic carbocycles. The molecule has 0 aliphatic heterocycles. The number of rotatable bonds is 5. The van der Waals surface area contributed by atoms with Gasteiger partial charge in [-0.05, 0) is 42.0 Å². The van der Waals surface area contributed by atoms with Crippen LogP contribution in [0.25, 0.3) is 27.8 Å². The quantitative estimate of drug-likeness (QED) is 0.450. The standard InChI is InChI=1S/C25H18FN5O/c26-21-13-17(5-6-24(21)31-12-11-28-16-31)15-29-25(32)20-14-23(18-7-9-27-10-8-18)30-22-4-2-1-3-19(20)22/h1-14,16H,15H2,(H,29,32). The number of hydrogen-bond donors (Lipinski definition) is 1. The zero-order valence-electron chi connectivity index (χ0n) is 16.9. The Kier molecular flexibility index (Phi) is 5.13. The maximum absolute atomic E-state index is 14.5. The largest absolute Gasteiger partial charge is 0.348 e. The lowest BCUT2D eigenvalue weighted by atomic mass is 10.0. The number of amides is 1. The molecule has 0 saturated carbocycles. The smallest absolute Gasteiger partial charge is 0.252 e. The minimum atomic E-state index is -0.385. The maximum Gasteiger partial charge on any atom is 0.252 e. The predicted octanol–water partition coefficient (Wildman–Crippen LogP) is 4.55. The number of hydrogen-bond acceptors (Lipinski definition) is 4. The molecule has 156 valence electrons. The molecule has 0 radical (unpaired) electrons. The summed E-state index contributed by atoms with van der Waals surface area (Å²) in [5.74, 6) is -0.637. The first-order chi connectivity index (χ1) is 15.7. The molecule has 0 spiro atoms. The Morgan fingerprint density at radius 2 is 1.81 bits per heavy atom. The van der Waals surface area contributed by atoms with Crippen LogP contribution in [-0.2, 0) is 6.54 Å². The molecule has 0 aliphatic rings. The van der Waals surface area contributed by atoms with E-state index in [9.17, 15) is 9.18 Å². The van der Waals surface area contributed by atoms with Crippen LogP contribution >= 0.6 is 0 Å². The highest BCUT2D eigenvalue weighted by molar-refractivity contribution is 6.07. The van der Waals surface area contributed by atoms with Crippen molar-refractivity contribution < 1.29 is 9.18 Å². The average molecular weight is 423 g/mol. The molecule has 6 nitrogen and oxygen atoms in total. The van der Waals surface area contributed by atoms with E-state index in [0.717, 1.165) is 16.5 Å². The average Bonchev–Trinajstić information content (AvgIpc) is 3.37. The Balaban J connectivity index is 1.42. The molecule has 0 fully saturated rings. The van der Waals surface area contributed by atoms with Gasteiger partial charge in [-0.15, -0.1) is 0 Å². The van der Waals surface area contributed by atoms with Gasteiger partial charge in [-0.2, -0.15) is 0 Å². The lowest BCUT2D eigenvalue weighted by Crippen LogP contribution is -2.23. The predicted molar refractivity (Wildman–Crippen MR) is 120 cm³/mol. The summed E-state index contributed by atoms with van der Waals surface area (Å²) >= 11 is 0. The SMILES string of the molecule is O=C(NCc1ccc(-n2ccnc2)c(F)c1)c1cc(-c2ccncc2)nc2ccccc12. The van der Waals surface area contributed by atoms with E-state index in [-0.39, 0.29) is 18.3 Å². The first-order valence-electron chi connectivity index (χ1n) is 10.0. The van der Waals surface area contributed by atoms with Crippen LogP contribution in [0.1, 0.15) is 15.9 Å². The number of pyridine rings is 2. The van der Waals surface area contributed by atoms with Gasteiger partial charge in [0.25, 0.3) is 5.91 Å². The number of nitrogens with zero attached hydrogens (tertiary/aromatic N) is 4. The highest BCUT2D eigenvalue weighted by Crippen LogP contribution is 2.24. The summed E-state index contributed by atoms with van der Waals surface area (Å²) in [6, 6.07) is 17.8. The summed E-state index contributed by atoms with van der Waals surface area (Å²) in [5.41, 5.74) is 3.86. The van der Waals surface area contributed by atoms with Gasteiger partial charge in [0.15, 0.2) is 0 Å². The minimum Gasteiger partial charge on any atom is -0.348 e. The van der Waals surface area contributed by atoms with Gasteiger partial charge in [-0.3, -0.25) is 9.78 Å². The van der Waals surface area contributed by atoms with E-state index >= 15 is 0 Å². The number of halogens is 1. The van der Waals surface area contributed by atoms with Crippen LogP contribution in [0.5, 0.6) is 0 Å². The van der Waals surface area contributed by atoms with Gasteiger partial charge in [-0.25, -0.2) is 14.4 Å². The summed E-state index contributed by atoms with van der Waals surface area (Å²) in [6.07, 6.45) is 8.18. The second-order valence-corrected chi connectivity index (χ2v) is 7.25. The normalized spacial score (nSPS) is 10.9. The summed E-state index contributed by atoms with van der Waals surface area (Å²) in [4.78, 5) is 25.8. The molecule has 32 heavy (non-hydrogen) atoms. The lowest BCUT2D eigenvalue weighted by molar-refractivity contribution is 0.0952. The second kappa shape index (κ2) is 8.39. The van der Waals surface area contributed by atoms with Crippen molar-refractivity contribution in [3.05, 3.63) is 109 Å². The van der Waals surface area contributed by atoms with Gasteiger partial charge >= 0.3 is 0 Å². The van der Waals surface area contributed by atoms with Crippen LogP contribution in [0.15, 0.2) is 91.8 Å². The number of carbonyl (C=O) groups excluding carboxylic acids is 1. The van der Waals surface area contributed by atoms with Crippen molar-refractivity contribution in [3.63, 3.8) is 0 Å². The molecule has 5 rings (SSSR count). The summed E-state index contributed by atoms with van der Waals surface area (Å²) in [6.45, 7) is 0.196. The van der Waals surface area contributed by atoms with Gasteiger partial charge in [0, 0.05) is 42.3 Å². The molecule has 3 heterocycles. The second-order valence-electron chi connectivity index (χ2n) is 7.25. The van der Waals surface area contributed by atoms with Crippen molar-refractivity contribution in [2.45, 2.75) is 6.54 Å². The molecule has 0 saturated heterocycles. The fraction of sp³-hybridized carbons (Fsp3) is 0.0400. The summed E-state index contributed by atoms with van der Waals surface area (Å²) in [7, 11) is 0. The fourth-order valence-electron chi connectivity index (χ4n) is 3.58. The number of aromatic nitrogens is 4.